The van der Waals surface area contributed by atoms with Crippen molar-refractivity contribution in [2.45, 2.75) is 18.4 Å². The van der Waals surface area contributed by atoms with Crippen molar-refractivity contribution in [1.29, 1.82) is 0 Å². The third-order valence-corrected chi connectivity index (χ3v) is 6.46. The van der Waals surface area contributed by atoms with E-state index < -0.39 is 10.0 Å². The number of para-hydroxylation sites is 1. The second-order valence-electron chi connectivity index (χ2n) is 5.05. The summed E-state index contributed by atoms with van der Waals surface area (Å²) >= 11 is 1.07. The predicted molar refractivity (Wildman–Crippen MR) is 93.8 cm³/mol. The van der Waals surface area contributed by atoms with Gasteiger partial charge in [0.15, 0.2) is 0 Å². The predicted octanol–water partition coefficient (Wildman–Crippen LogP) is 2.91. The summed E-state index contributed by atoms with van der Waals surface area (Å²) in [4.78, 5) is 12.0. The van der Waals surface area contributed by atoms with Gasteiger partial charge in [-0.2, -0.15) is 0 Å². The second kappa shape index (κ2) is 5.82. The number of nitrogens with zero attached hydrogens (tertiary/aromatic N) is 2. The van der Waals surface area contributed by atoms with Crippen molar-refractivity contribution in [3.05, 3.63) is 58.2 Å². The van der Waals surface area contributed by atoms with Gasteiger partial charge in [-0.05, 0) is 37.3 Å². The van der Waals surface area contributed by atoms with E-state index in [1.807, 2.05) is 13.0 Å². The molecule has 0 spiro atoms. The van der Waals surface area contributed by atoms with Gasteiger partial charge < -0.3 is 0 Å². The van der Waals surface area contributed by atoms with Crippen LogP contribution in [-0.2, 0) is 16.6 Å². The van der Waals surface area contributed by atoms with Crippen molar-refractivity contribution in [1.82, 2.24) is 4.57 Å². The lowest BCUT2D eigenvalue weighted by atomic mass is 10.3. The molecule has 120 valence electrons. The van der Waals surface area contributed by atoms with E-state index in [1.165, 1.54) is 11.4 Å². The highest BCUT2D eigenvalue weighted by molar-refractivity contribution is 7.92. The molecule has 0 unspecified atom stereocenters. The van der Waals surface area contributed by atoms with Crippen LogP contribution < -0.4 is 9.18 Å². The number of benzene rings is 2. The molecule has 0 bridgehead atoms. The summed E-state index contributed by atoms with van der Waals surface area (Å²) in [7, 11) is -2.14. The van der Waals surface area contributed by atoms with Gasteiger partial charge in [-0.3, -0.25) is 13.7 Å². The normalized spacial score (nSPS) is 11.7. The zero-order valence-corrected chi connectivity index (χ0v) is 14.4. The van der Waals surface area contributed by atoms with Crippen molar-refractivity contribution in [3.63, 3.8) is 0 Å². The van der Waals surface area contributed by atoms with Crippen LogP contribution in [0.2, 0.25) is 0 Å². The van der Waals surface area contributed by atoms with Crippen LogP contribution in [0.25, 0.3) is 10.2 Å². The van der Waals surface area contributed by atoms with Gasteiger partial charge in [-0.1, -0.05) is 29.5 Å². The molecule has 0 aliphatic carbocycles. The minimum Gasteiger partial charge on any atom is -0.299 e. The molecule has 23 heavy (non-hydrogen) atoms. The van der Waals surface area contributed by atoms with Gasteiger partial charge in [0.25, 0.3) is 10.0 Å². The molecule has 0 saturated heterocycles. The lowest BCUT2D eigenvalue weighted by Gasteiger charge is -2.19. The fourth-order valence-corrected chi connectivity index (χ4v) is 4.73. The molecule has 1 heterocycles. The zero-order chi connectivity index (χ0) is 16.6. The molecule has 5 nitrogen and oxygen atoms in total. The summed E-state index contributed by atoms with van der Waals surface area (Å²) in [6.07, 6.45) is 0. The lowest BCUT2D eigenvalue weighted by Crippen LogP contribution is -2.26. The van der Waals surface area contributed by atoms with Crippen molar-refractivity contribution < 1.29 is 8.42 Å². The van der Waals surface area contributed by atoms with Gasteiger partial charge in [0, 0.05) is 13.6 Å². The van der Waals surface area contributed by atoms with E-state index in [-0.39, 0.29) is 9.77 Å². The Morgan fingerprint density at radius 2 is 1.83 bits per heavy atom. The first-order valence-corrected chi connectivity index (χ1v) is 9.38. The summed E-state index contributed by atoms with van der Waals surface area (Å²) in [5.41, 5.74) is 1.36. The van der Waals surface area contributed by atoms with Crippen LogP contribution in [0.1, 0.15) is 6.92 Å². The second-order valence-corrected chi connectivity index (χ2v) is 8.01. The number of aryl methyl sites for hydroxylation is 1. The maximum absolute atomic E-state index is 12.8. The third-order valence-electron chi connectivity index (χ3n) is 3.73. The smallest absolute Gasteiger partial charge is 0.299 e. The Morgan fingerprint density at radius 3 is 2.48 bits per heavy atom. The lowest BCUT2D eigenvalue weighted by molar-refractivity contribution is 0.594. The summed E-state index contributed by atoms with van der Waals surface area (Å²) in [5, 5.41) is 0. The molecule has 0 amide bonds. The zero-order valence-electron chi connectivity index (χ0n) is 12.8. The molecule has 0 saturated carbocycles. The van der Waals surface area contributed by atoms with Crippen molar-refractivity contribution in [2.75, 3.05) is 11.4 Å². The molecule has 0 aliphatic heterocycles. The largest absolute Gasteiger partial charge is 0.308 e. The third kappa shape index (κ3) is 2.66. The Bertz CT molecular complexity index is 1000. The van der Waals surface area contributed by atoms with Crippen LogP contribution in [0.15, 0.2) is 58.2 Å². The number of sulfonamides is 1. The maximum atomic E-state index is 12.8. The molecule has 0 atom stereocenters. The molecular weight excluding hydrogens is 332 g/mol. The van der Waals surface area contributed by atoms with E-state index in [2.05, 4.69) is 0 Å². The van der Waals surface area contributed by atoms with E-state index in [1.54, 1.807) is 47.0 Å². The first kappa shape index (κ1) is 15.8. The standard InChI is InChI=1S/C16H16N2O3S2/c1-3-18-14-10-9-13(11-15(14)22-16(18)19)23(20,21)17(2)12-7-5-4-6-8-12/h4-11H,3H2,1-2H3. The van der Waals surface area contributed by atoms with E-state index in [0.29, 0.717) is 16.9 Å². The van der Waals surface area contributed by atoms with Gasteiger partial charge in [0.1, 0.15) is 0 Å². The van der Waals surface area contributed by atoms with E-state index in [9.17, 15) is 13.2 Å². The molecule has 0 aliphatic rings. The highest BCUT2D eigenvalue weighted by Gasteiger charge is 2.22. The van der Waals surface area contributed by atoms with Crippen molar-refractivity contribution in [3.8, 4) is 0 Å². The minimum atomic E-state index is -3.67. The Kier molecular flexibility index (Phi) is 3.99. The Balaban J connectivity index is 2.10. The van der Waals surface area contributed by atoms with Crippen LogP contribution in [0.5, 0.6) is 0 Å². The Hall–Kier alpha value is -2.12. The van der Waals surface area contributed by atoms with Crippen LogP contribution in [0, 0.1) is 0 Å². The number of rotatable bonds is 4. The van der Waals surface area contributed by atoms with E-state index in [4.69, 9.17) is 0 Å². The average molecular weight is 348 g/mol. The summed E-state index contributed by atoms with van der Waals surface area (Å²) in [6.45, 7) is 2.45. The molecule has 2 aromatic carbocycles. The molecule has 0 fully saturated rings. The van der Waals surface area contributed by atoms with E-state index >= 15 is 0 Å². The minimum absolute atomic E-state index is 0.0755. The summed E-state index contributed by atoms with van der Waals surface area (Å²) < 4.78 is 29.1. The molecule has 3 aromatic rings. The highest BCUT2D eigenvalue weighted by atomic mass is 32.2. The monoisotopic (exact) mass is 348 g/mol. The fraction of sp³-hybridized carbons (Fsp3) is 0.188. The van der Waals surface area contributed by atoms with Gasteiger partial charge >= 0.3 is 4.87 Å². The number of fused-ring (bicyclic) bond motifs is 1. The number of hydrogen-bond acceptors (Lipinski definition) is 4. The van der Waals surface area contributed by atoms with Crippen molar-refractivity contribution in [2.24, 2.45) is 0 Å². The van der Waals surface area contributed by atoms with E-state index in [0.717, 1.165) is 16.9 Å². The van der Waals surface area contributed by atoms with Gasteiger partial charge in [0.05, 0.1) is 20.8 Å². The Labute approximate surface area is 138 Å². The van der Waals surface area contributed by atoms with Gasteiger partial charge in [-0.25, -0.2) is 8.42 Å². The summed E-state index contributed by atoms with van der Waals surface area (Å²) in [5.74, 6) is 0. The number of anilines is 1. The SMILES string of the molecule is CCn1c(=O)sc2cc(S(=O)(=O)N(C)c3ccccc3)ccc21. The van der Waals surface area contributed by atoms with Gasteiger partial charge in [-0.15, -0.1) is 0 Å². The molecular formula is C16H16N2O3S2. The quantitative estimate of drug-likeness (QED) is 0.728. The maximum Gasteiger partial charge on any atom is 0.308 e. The topological polar surface area (TPSA) is 59.4 Å². The molecule has 0 N–H and O–H groups in total. The molecule has 0 radical (unpaired) electrons. The first-order valence-electron chi connectivity index (χ1n) is 7.12. The van der Waals surface area contributed by atoms with Crippen LogP contribution in [0.3, 0.4) is 0 Å². The number of thiazole rings is 1. The van der Waals surface area contributed by atoms with Crippen LogP contribution >= 0.6 is 11.3 Å². The van der Waals surface area contributed by atoms with Crippen LogP contribution in [0.4, 0.5) is 5.69 Å². The van der Waals surface area contributed by atoms with Crippen LogP contribution in [-0.4, -0.2) is 20.0 Å². The fourth-order valence-electron chi connectivity index (χ4n) is 2.44. The molecule has 3 rings (SSSR count). The molecule has 1 aromatic heterocycles. The number of hydrogen-bond donors (Lipinski definition) is 0. The Morgan fingerprint density at radius 1 is 1.13 bits per heavy atom. The average Bonchev–Trinajstić information content (AvgIpc) is 2.88. The number of aromatic nitrogens is 1. The molecule has 7 heteroatoms. The van der Waals surface area contributed by atoms with Gasteiger partial charge in [0.2, 0.25) is 0 Å². The first-order chi connectivity index (χ1) is 10.9. The summed E-state index contributed by atoms with van der Waals surface area (Å²) in [6, 6.07) is 13.7. The van der Waals surface area contributed by atoms with Crippen molar-refractivity contribution >= 4 is 37.3 Å². The highest BCUT2D eigenvalue weighted by Crippen LogP contribution is 2.26.